The van der Waals surface area contributed by atoms with Crippen LogP contribution in [0.2, 0.25) is 0 Å². The number of nitrogens with two attached hydrogens (primary N) is 2. The van der Waals surface area contributed by atoms with Gasteiger partial charge in [0, 0.05) is 23.8 Å². The zero-order chi connectivity index (χ0) is 13.8. The molecule has 2 aromatic rings. The number of nitrogen functional groups attached to an aromatic ring is 1. The quantitative estimate of drug-likeness (QED) is 0.792. The van der Waals surface area contributed by atoms with E-state index in [0.717, 1.165) is 5.56 Å². The Hall–Kier alpha value is -2.15. The molecular weight excluding hydrogens is 262 g/mol. The second-order valence-corrected chi connectivity index (χ2v) is 4.92. The highest BCUT2D eigenvalue weighted by Gasteiger charge is 2.14. The molecule has 0 fully saturated rings. The van der Waals surface area contributed by atoms with Crippen LogP contribution in [0.15, 0.2) is 24.3 Å². The summed E-state index contributed by atoms with van der Waals surface area (Å²) in [6, 6.07) is 7.50. The lowest BCUT2D eigenvalue weighted by atomic mass is 10.2. The Labute approximate surface area is 115 Å². The third kappa shape index (κ3) is 3.65. The molecule has 100 valence electrons. The standard InChI is InChI=1S/C12H15N5OS/c1-8-15-12(19-16-8)17(7-11(14)18)6-9-3-2-4-10(13)5-9/h2-5H,6-7,13H2,1H3,(H2,14,18). The first-order valence-corrected chi connectivity index (χ1v) is 6.50. The lowest BCUT2D eigenvalue weighted by Crippen LogP contribution is -2.33. The van der Waals surface area contributed by atoms with Crippen molar-refractivity contribution in [3.8, 4) is 0 Å². The number of rotatable bonds is 5. The second-order valence-electron chi connectivity index (χ2n) is 4.19. The predicted octanol–water partition coefficient (Wildman–Crippen LogP) is 0.921. The fourth-order valence-electron chi connectivity index (χ4n) is 1.71. The number of hydrogen-bond donors (Lipinski definition) is 2. The van der Waals surface area contributed by atoms with Crippen LogP contribution in [0.1, 0.15) is 11.4 Å². The summed E-state index contributed by atoms with van der Waals surface area (Å²) < 4.78 is 4.12. The van der Waals surface area contributed by atoms with Crippen LogP contribution in [-0.2, 0) is 11.3 Å². The number of hydrogen-bond acceptors (Lipinski definition) is 6. The number of aromatic nitrogens is 2. The molecule has 1 aromatic heterocycles. The molecule has 7 heteroatoms. The lowest BCUT2D eigenvalue weighted by molar-refractivity contribution is -0.116. The van der Waals surface area contributed by atoms with Gasteiger partial charge in [-0.2, -0.15) is 4.37 Å². The Morgan fingerprint density at radius 2 is 2.26 bits per heavy atom. The van der Waals surface area contributed by atoms with Crippen molar-refractivity contribution in [2.45, 2.75) is 13.5 Å². The molecule has 0 aliphatic carbocycles. The first kappa shape index (κ1) is 13.3. The van der Waals surface area contributed by atoms with Crippen molar-refractivity contribution < 1.29 is 4.79 Å². The zero-order valence-corrected chi connectivity index (χ0v) is 11.4. The molecule has 4 N–H and O–H groups in total. The molecule has 0 saturated heterocycles. The Bertz CT molecular complexity index is 583. The van der Waals surface area contributed by atoms with Crippen LogP contribution in [0.25, 0.3) is 0 Å². The summed E-state index contributed by atoms with van der Waals surface area (Å²) in [6.45, 7) is 2.43. The van der Waals surface area contributed by atoms with E-state index in [2.05, 4.69) is 9.36 Å². The van der Waals surface area contributed by atoms with Crippen LogP contribution in [-0.4, -0.2) is 21.8 Å². The Morgan fingerprint density at radius 1 is 1.47 bits per heavy atom. The number of anilines is 2. The van der Waals surface area contributed by atoms with Gasteiger partial charge in [0.25, 0.3) is 0 Å². The first-order valence-electron chi connectivity index (χ1n) is 5.72. The molecule has 0 spiro atoms. The molecule has 0 unspecified atom stereocenters. The lowest BCUT2D eigenvalue weighted by Gasteiger charge is -2.19. The molecule has 1 aromatic carbocycles. The predicted molar refractivity (Wildman–Crippen MR) is 75.7 cm³/mol. The summed E-state index contributed by atoms with van der Waals surface area (Å²) in [4.78, 5) is 17.2. The average Bonchev–Trinajstić information content (AvgIpc) is 2.74. The summed E-state index contributed by atoms with van der Waals surface area (Å²) in [5.41, 5.74) is 12.7. The molecule has 19 heavy (non-hydrogen) atoms. The van der Waals surface area contributed by atoms with Gasteiger partial charge in [-0.3, -0.25) is 4.79 Å². The largest absolute Gasteiger partial charge is 0.399 e. The minimum Gasteiger partial charge on any atom is -0.399 e. The number of primary amides is 1. The Morgan fingerprint density at radius 3 is 2.84 bits per heavy atom. The van der Waals surface area contributed by atoms with Crippen molar-refractivity contribution in [1.29, 1.82) is 0 Å². The van der Waals surface area contributed by atoms with Crippen molar-refractivity contribution in [3.05, 3.63) is 35.7 Å². The van der Waals surface area contributed by atoms with E-state index >= 15 is 0 Å². The molecule has 0 bridgehead atoms. The minimum absolute atomic E-state index is 0.101. The van der Waals surface area contributed by atoms with Gasteiger partial charge in [0.2, 0.25) is 11.0 Å². The van der Waals surface area contributed by atoms with Gasteiger partial charge in [0.05, 0.1) is 6.54 Å². The molecule has 0 aliphatic heterocycles. The van der Waals surface area contributed by atoms with Crippen LogP contribution in [0.4, 0.5) is 10.8 Å². The molecule has 0 aliphatic rings. The number of carbonyl (C=O) groups is 1. The molecular formula is C12H15N5OS. The smallest absolute Gasteiger partial charge is 0.237 e. The van der Waals surface area contributed by atoms with Crippen molar-refractivity contribution >= 4 is 28.3 Å². The Kier molecular flexibility index (Phi) is 3.96. The van der Waals surface area contributed by atoms with Crippen LogP contribution in [0, 0.1) is 6.92 Å². The topological polar surface area (TPSA) is 98.1 Å². The highest BCUT2D eigenvalue weighted by Crippen LogP contribution is 2.20. The number of nitrogens with zero attached hydrogens (tertiary/aromatic N) is 3. The summed E-state index contributed by atoms with van der Waals surface area (Å²) in [5, 5.41) is 0.679. The van der Waals surface area contributed by atoms with E-state index in [9.17, 15) is 4.79 Å². The van der Waals surface area contributed by atoms with Gasteiger partial charge < -0.3 is 16.4 Å². The maximum atomic E-state index is 11.2. The van der Waals surface area contributed by atoms with E-state index in [-0.39, 0.29) is 6.54 Å². The number of aryl methyl sites for hydroxylation is 1. The minimum atomic E-state index is -0.406. The van der Waals surface area contributed by atoms with Crippen LogP contribution in [0.5, 0.6) is 0 Å². The number of benzene rings is 1. The van der Waals surface area contributed by atoms with Crippen molar-refractivity contribution in [1.82, 2.24) is 9.36 Å². The molecule has 1 heterocycles. The Balaban J connectivity index is 2.21. The van der Waals surface area contributed by atoms with E-state index < -0.39 is 5.91 Å². The highest BCUT2D eigenvalue weighted by atomic mass is 32.1. The van der Waals surface area contributed by atoms with E-state index in [1.807, 2.05) is 31.2 Å². The molecule has 1 amide bonds. The zero-order valence-electron chi connectivity index (χ0n) is 10.5. The van der Waals surface area contributed by atoms with Gasteiger partial charge in [-0.05, 0) is 24.6 Å². The third-order valence-corrected chi connectivity index (χ3v) is 3.33. The van der Waals surface area contributed by atoms with Crippen molar-refractivity contribution in [2.24, 2.45) is 5.73 Å². The number of carbonyl (C=O) groups excluding carboxylic acids is 1. The van der Waals surface area contributed by atoms with E-state index in [0.29, 0.717) is 23.2 Å². The summed E-state index contributed by atoms with van der Waals surface area (Å²) >= 11 is 1.25. The first-order chi connectivity index (χ1) is 9.04. The van der Waals surface area contributed by atoms with Crippen LogP contribution in [0.3, 0.4) is 0 Å². The van der Waals surface area contributed by atoms with Crippen LogP contribution < -0.4 is 16.4 Å². The third-order valence-electron chi connectivity index (χ3n) is 2.46. The summed E-state index contributed by atoms with van der Waals surface area (Å²) in [6.07, 6.45) is 0. The van der Waals surface area contributed by atoms with Crippen molar-refractivity contribution in [3.63, 3.8) is 0 Å². The van der Waals surface area contributed by atoms with E-state index in [1.54, 1.807) is 4.90 Å². The van der Waals surface area contributed by atoms with E-state index in [4.69, 9.17) is 11.5 Å². The normalized spacial score (nSPS) is 10.4. The van der Waals surface area contributed by atoms with Crippen LogP contribution >= 0.6 is 11.5 Å². The van der Waals surface area contributed by atoms with E-state index in [1.165, 1.54) is 11.5 Å². The molecule has 0 radical (unpaired) electrons. The van der Waals surface area contributed by atoms with Crippen molar-refractivity contribution in [2.75, 3.05) is 17.2 Å². The van der Waals surface area contributed by atoms with Gasteiger partial charge >= 0.3 is 0 Å². The van der Waals surface area contributed by atoms with Gasteiger partial charge in [-0.15, -0.1) is 0 Å². The fraction of sp³-hybridized carbons (Fsp3) is 0.250. The monoisotopic (exact) mass is 277 g/mol. The average molecular weight is 277 g/mol. The molecule has 0 saturated carbocycles. The summed E-state index contributed by atoms with van der Waals surface area (Å²) in [5.74, 6) is 0.277. The SMILES string of the molecule is Cc1nsc(N(CC(N)=O)Cc2cccc(N)c2)n1. The second kappa shape index (κ2) is 5.66. The van der Waals surface area contributed by atoms with Gasteiger partial charge in [-0.25, -0.2) is 4.98 Å². The molecule has 0 atom stereocenters. The molecule has 2 rings (SSSR count). The fourth-order valence-corrected chi connectivity index (χ4v) is 2.38. The number of amides is 1. The van der Waals surface area contributed by atoms with Gasteiger partial charge in [0.1, 0.15) is 5.82 Å². The maximum absolute atomic E-state index is 11.2. The maximum Gasteiger partial charge on any atom is 0.237 e. The van der Waals surface area contributed by atoms with Gasteiger partial charge in [0.15, 0.2) is 0 Å². The highest BCUT2D eigenvalue weighted by molar-refractivity contribution is 7.09. The van der Waals surface area contributed by atoms with Gasteiger partial charge in [-0.1, -0.05) is 12.1 Å². The molecule has 6 nitrogen and oxygen atoms in total. The summed E-state index contributed by atoms with van der Waals surface area (Å²) in [7, 11) is 0.